The van der Waals surface area contributed by atoms with E-state index in [9.17, 15) is 9.90 Å². The van der Waals surface area contributed by atoms with Crippen LogP contribution in [0.5, 0.6) is 5.75 Å². The molecule has 0 spiro atoms. The maximum Gasteiger partial charge on any atom is 0.251 e. The molecule has 0 saturated carbocycles. The van der Waals surface area contributed by atoms with Gasteiger partial charge in [-0.15, -0.1) is 0 Å². The van der Waals surface area contributed by atoms with Gasteiger partial charge in [0.25, 0.3) is 5.91 Å². The first kappa shape index (κ1) is 16.8. The van der Waals surface area contributed by atoms with Gasteiger partial charge in [0.2, 0.25) is 0 Å². The van der Waals surface area contributed by atoms with Crippen molar-refractivity contribution in [2.24, 2.45) is 0 Å². The van der Waals surface area contributed by atoms with E-state index in [0.717, 1.165) is 19.4 Å². The molecule has 1 saturated heterocycles. The van der Waals surface area contributed by atoms with E-state index in [1.807, 2.05) is 0 Å². The Labute approximate surface area is 133 Å². The van der Waals surface area contributed by atoms with Gasteiger partial charge in [-0.25, -0.2) is 0 Å². The van der Waals surface area contributed by atoms with Crippen molar-refractivity contribution in [2.45, 2.75) is 45.4 Å². The van der Waals surface area contributed by atoms with Crippen LogP contribution in [0.2, 0.25) is 0 Å². The van der Waals surface area contributed by atoms with Crippen LogP contribution in [0.15, 0.2) is 18.2 Å². The van der Waals surface area contributed by atoms with Crippen molar-refractivity contribution in [1.29, 1.82) is 0 Å². The summed E-state index contributed by atoms with van der Waals surface area (Å²) in [6, 6.07) is 5.06. The van der Waals surface area contributed by atoms with Crippen LogP contribution in [0.25, 0.3) is 0 Å². The summed E-state index contributed by atoms with van der Waals surface area (Å²) in [5.41, 5.74) is 1.21. The molecule has 0 unspecified atom stereocenters. The number of carbonyl (C=O) groups excluding carboxylic acids is 1. The largest absolute Gasteiger partial charge is 0.508 e. The average Bonchev–Trinajstić information content (AvgIpc) is 2.78. The number of benzene rings is 1. The molecule has 1 aromatic rings. The number of carbonyl (C=O) groups is 1. The fraction of sp³-hybridized carbons (Fsp3) is 0.611. The van der Waals surface area contributed by atoms with Gasteiger partial charge in [-0.3, -0.25) is 4.79 Å². The smallest absolute Gasteiger partial charge is 0.251 e. The molecule has 0 aliphatic carbocycles. The highest BCUT2D eigenvalue weighted by molar-refractivity contribution is 5.96. The molecule has 4 heteroatoms. The molecule has 1 aliphatic rings. The fourth-order valence-corrected chi connectivity index (χ4v) is 2.99. The molecule has 22 heavy (non-hydrogen) atoms. The van der Waals surface area contributed by atoms with E-state index in [1.165, 1.54) is 38.8 Å². The van der Waals surface area contributed by atoms with E-state index >= 15 is 0 Å². The zero-order valence-electron chi connectivity index (χ0n) is 13.6. The van der Waals surface area contributed by atoms with Gasteiger partial charge in [0, 0.05) is 17.7 Å². The van der Waals surface area contributed by atoms with Crippen LogP contribution in [-0.2, 0) is 0 Å². The Hall–Kier alpha value is -1.55. The molecule has 4 nitrogen and oxygen atoms in total. The minimum Gasteiger partial charge on any atom is -0.508 e. The van der Waals surface area contributed by atoms with Gasteiger partial charge in [-0.05, 0) is 64.4 Å². The van der Waals surface area contributed by atoms with Crippen molar-refractivity contribution in [2.75, 3.05) is 26.2 Å². The third-order valence-corrected chi connectivity index (χ3v) is 4.44. The van der Waals surface area contributed by atoms with Crippen molar-refractivity contribution < 1.29 is 9.90 Å². The molecular weight excluding hydrogens is 276 g/mol. The lowest BCUT2D eigenvalue weighted by Gasteiger charge is -2.19. The predicted molar refractivity (Wildman–Crippen MR) is 89.3 cm³/mol. The van der Waals surface area contributed by atoms with Gasteiger partial charge in [0.1, 0.15) is 5.75 Å². The number of nitrogens with zero attached hydrogens (tertiary/aromatic N) is 1. The summed E-state index contributed by atoms with van der Waals surface area (Å²) in [7, 11) is 0. The number of amides is 1. The van der Waals surface area contributed by atoms with E-state index in [-0.39, 0.29) is 11.7 Å². The second-order valence-electron chi connectivity index (χ2n) is 6.17. The second-order valence-corrected chi connectivity index (χ2v) is 6.17. The topological polar surface area (TPSA) is 52.6 Å². The highest BCUT2D eigenvalue weighted by Crippen LogP contribution is 2.19. The Morgan fingerprint density at radius 2 is 1.91 bits per heavy atom. The summed E-state index contributed by atoms with van der Waals surface area (Å²) in [4.78, 5) is 14.6. The molecule has 0 bridgehead atoms. The number of phenols is 1. The molecule has 1 heterocycles. The molecule has 1 aliphatic heterocycles. The Morgan fingerprint density at radius 3 is 2.64 bits per heavy atom. The first-order chi connectivity index (χ1) is 10.7. The summed E-state index contributed by atoms with van der Waals surface area (Å²) in [6.07, 6.45) is 7.52. The lowest BCUT2D eigenvalue weighted by atomic mass is 10.1. The maximum atomic E-state index is 12.1. The fourth-order valence-electron chi connectivity index (χ4n) is 2.99. The monoisotopic (exact) mass is 304 g/mol. The second kappa shape index (κ2) is 8.79. The summed E-state index contributed by atoms with van der Waals surface area (Å²) in [5.74, 6) is 0.0805. The summed E-state index contributed by atoms with van der Waals surface area (Å²) >= 11 is 0. The normalized spacial score (nSPS) is 16.2. The summed E-state index contributed by atoms with van der Waals surface area (Å²) < 4.78 is 0. The van der Waals surface area contributed by atoms with E-state index in [4.69, 9.17) is 0 Å². The SMILES string of the molecule is Cc1c(O)cccc1C(=O)NCCCCN1CCCCCC1. The number of unbranched alkanes of at least 4 members (excludes halogenated alkanes) is 1. The average molecular weight is 304 g/mol. The molecule has 1 aromatic carbocycles. The van der Waals surface area contributed by atoms with Crippen molar-refractivity contribution in [1.82, 2.24) is 10.2 Å². The van der Waals surface area contributed by atoms with Gasteiger partial charge < -0.3 is 15.3 Å². The Kier molecular flexibility index (Phi) is 6.72. The number of hydrogen-bond donors (Lipinski definition) is 2. The van der Waals surface area contributed by atoms with Gasteiger partial charge in [-0.1, -0.05) is 18.9 Å². The number of nitrogens with one attached hydrogen (secondary N) is 1. The Morgan fingerprint density at radius 1 is 1.18 bits per heavy atom. The molecule has 0 radical (unpaired) electrons. The third-order valence-electron chi connectivity index (χ3n) is 4.44. The molecule has 2 rings (SSSR count). The van der Waals surface area contributed by atoms with E-state index < -0.39 is 0 Å². The predicted octanol–water partition coefficient (Wildman–Crippen LogP) is 3.09. The Bertz CT molecular complexity index is 480. The number of hydrogen-bond acceptors (Lipinski definition) is 3. The van der Waals surface area contributed by atoms with E-state index in [2.05, 4.69) is 10.2 Å². The van der Waals surface area contributed by atoms with Crippen LogP contribution < -0.4 is 5.32 Å². The number of rotatable bonds is 6. The van der Waals surface area contributed by atoms with E-state index in [0.29, 0.717) is 17.7 Å². The molecule has 1 amide bonds. The quantitative estimate of drug-likeness (QED) is 0.794. The zero-order chi connectivity index (χ0) is 15.8. The molecule has 0 atom stereocenters. The van der Waals surface area contributed by atoms with E-state index in [1.54, 1.807) is 25.1 Å². The molecule has 0 aromatic heterocycles. The first-order valence-electron chi connectivity index (χ1n) is 8.47. The number of likely N-dealkylation sites (tertiary alicyclic amines) is 1. The van der Waals surface area contributed by atoms with Crippen LogP contribution in [0.4, 0.5) is 0 Å². The van der Waals surface area contributed by atoms with Crippen LogP contribution in [-0.4, -0.2) is 42.1 Å². The van der Waals surface area contributed by atoms with Gasteiger partial charge in [0.05, 0.1) is 0 Å². The van der Waals surface area contributed by atoms with Gasteiger partial charge in [0.15, 0.2) is 0 Å². The minimum atomic E-state index is -0.0943. The standard InChI is InChI=1S/C18H28N2O2/c1-15-16(9-8-10-17(15)21)18(22)19-11-4-7-14-20-12-5-2-3-6-13-20/h8-10,21H,2-7,11-14H2,1H3,(H,19,22). The van der Waals surface area contributed by atoms with Crippen LogP contribution in [0.3, 0.4) is 0 Å². The van der Waals surface area contributed by atoms with Crippen molar-refractivity contribution in [3.8, 4) is 5.75 Å². The molecule has 1 fully saturated rings. The first-order valence-corrected chi connectivity index (χ1v) is 8.47. The lowest BCUT2D eigenvalue weighted by Crippen LogP contribution is -2.28. The van der Waals surface area contributed by atoms with Crippen molar-refractivity contribution in [3.63, 3.8) is 0 Å². The Balaban J connectivity index is 1.65. The van der Waals surface area contributed by atoms with Crippen LogP contribution >= 0.6 is 0 Å². The number of phenolic OH excluding ortho intramolecular Hbond substituents is 1. The highest BCUT2D eigenvalue weighted by atomic mass is 16.3. The number of aromatic hydroxyl groups is 1. The van der Waals surface area contributed by atoms with Crippen LogP contribution in [0, 0.1) is 6.92 Å². The molecule has 2 N–H and O–H groups in total. The van der Waals surface area contributed by atoms with Gasteiger partial charge in [-0.2, -0.15) is 0 Å². The summed E-state index contributed by atoms with van der Waals surface area (Å²) in [6.45, 7) is 6.07. The van der Waals surface area contributed by atoms with Gasteiger partial charge >= 0.3 is 0 Å². The highest BCUT2D eigenvalue weighted by Gasteiger charge is 2.11. The van der Waals surface area contributed by atoms with Crippen molar-refractivity contribution in [3.05, 3.63) is 29.3 Å². The third kappa shape index (κ3) is 5.02. The minimum absolute atomic E-state index is 0.0943. The van der Waals surface area contributed by atoms with Crippen molar-refractivity contribution >= 4 is 5.91 Å². The lowest BCUT2D eigenvalue weighted by molar-refractivity contribution is 0.0951. The maximum absolute atomic E-state index is 12.1. The van der Waals surface area contributed by atoms with Crippen LogP contribution in [0.1, 0.15) is 54.4 Å². The molecule has 122 valence electrons. The zero-order valence-corrected chi connectivity index (χ0v) is 13.6. The molecular formula is C18H28N2O2. The summed E-state index contributed by atoms with van der Waals surface area (Å²) in [5, 5.41) is 12.6.